The number of hydrogen-bond acceptors (Lipinski definition) is 6. The van der Waals surface area contributed by atoms with Gasteiger partial charge >= 0.3 is 5.97 Å². The molecule has 7 nitrogen and oxygen atoms in total. The molecule has 2 aromatic heterocycles. The first kappa shape index (κ1) is 19.0. The summed E-state index contributed by atoms with van der Waals surface area (Å²) in [5, 5.41) is 3.92. The second kappa shape index (κ2) is 8.74. The van der Waals surface area contributed by atoms with Crippen molar-refractivity contribution in [2.75, 3.05) is 0 Å². The Bertz CT molecular complexity index is 989. The van der Waals surface area contributed by atoms with Crippen LogP contribution >= 0.6 is 31.9 Å². The molecule has 0 aliphatic heterocycles. The molecule has 3 rings (SSSR count). The van der Waals surface area contributed by atoms with E-state index in [-0.39, 0.29) is 11.5 Å². The molecule has 0 saturated carbocycles. The third-order valence-electron chi connectivity index (χ3n) is 3.25. The molecule has 1 amide bonds. The number of benzene rings is 1. The van der Waals surface area contributed by atoms with Gasteiger partial charge in [-0.05, 0) is 52.3 Å². The van der Waals surface area contributed by atoms with Crippen LogP contribution in [0.3, 0.4) is 0 Å². The largest absolute Gasteiger partial charge is 0.457 e. The minimum absolute atomic E-state index is 0.0672. The van der Waals surface area contributed by atoms with Crippen LogP contribution in [0.5, 0.6) is 5.75 Å². The van der Waals surface area contributed by atoms with E-state index in [0.717, 1.165) is 4.47 Å². The monoisotopic (exact) mass is 491 g/mol. The number of nitrogens with one attached hydrogen (secondary N) is 1. The highest BCUT2D eigenvalue weighted by Gasteiger charge is 2.17. The van der Waals surface area contributed by atoms with Crippen molar-refractivity contribution in [3.05, 3.63) is 80.9 Å². The quantitative estimate of drug-likeness (QED) is 0.249. The van der Waals surface area contributed by atoms with Crippen molar-refractivity contribution in [1.82, 2.24) is 10.4 Å². The minimum Gasteiger partial charge on any atom is -0.457 e. The van der Waals surface area contributed by atoms with E-state index < -0.39 is 11.9 Å². The standard InChI is InChI=1S/C18H11Br2N3O4/c19-13-7-12(10-22-23-17(24)11-3-1-5-21-9-11)16(14(20)8-13)27-18(25)15-4-2-6-26-15/h1-10H,(H,23,24)/b22-10+. The van der Waals surface area contributed by atoms with Gasteiger partial charge in [0.1, 0.15) is 0 Å². The lowest BCUT2D eigenvalue weighted by atomic mass is 10.2. The molecule has 0 bridgehead atoms. The summed E-state index contributed by atoms with van der Waals surface area (Å²) >= 11 is 6.72. The summed E-state index contributed by atoms with van der Waals surface area (Å²) in [5.74, 6) is -0.767. The first-order chi connectivity index (χ1) is 13.0. The third-order valence-corrected chi connectivity index (χ3v) is 4.29. The summed E-state index contributed by atoms with van der Waals surface area (Å²) in [5.41, 5.74) is 3.23. The fourth-order valence-electron chi connectivity index (χ4n) is 2.04. The number of pyridine rings is 1. The van der Waals surface area contributed by atoms with Gasteiger partial charge in [0, 0.05) is 22.4 Å². The number of carbonyl (C=O) groups is 2. The molecule has 1 N–H and O–H groups in total. The fraction of sp³-hybridized carbons (Fsp3) is 0. The number of nitrogens with zero attached hydrogens (tertiary/aromatic N) is 2. The van der Waals surface area contributed by atoms with Crippen molar-refractivity contribution in [3.63, 3.8) is 0 Å². The SMILES string of the molecule is O=C(N/N=C/c1cc(Br)cc(Br)c1OC(=O)c1ccco1)c1cccnc1. The molecule has 0 saturated heterocycles. The van der Waals surface area contributed by atoms with Gasteiger partial charge in [0.05, 0.1) is 22.5 Å². The minimum atomic E-state index is -0.655. The lowest BCUT2D eigenvalue weighted by Gasteiger charge is -2.09. The van der Waals surface area contributed by atoms with Gasteiger partial charge in [0.15, 0.2) is 5.75 Å². The van der Waals surface area contributed by atoms with Crippen LogP contribution in [0.25, 0.3) is 0 Å². The third kappa shape index (κ3) is 4.89. The maximum Gasteiger partial charge on any atom is 0.379 e. The van der Waals surface area contributed by atoms with E-state index in [1.54, 1.807) is 36.5 Å². The highest BCUT2D eigenvalue weighted by molar-refractivity contribution is 9.11. The molecule has 0 atom stereocenters. The summed E-state index contributed by atoms with van der Waals surface area (Å²) < 4.78 is 11.7. The summed E-state index contributed by atoms with van der Waals surface area (Å²) in [7, 11) is 0. The summed E-state index contributed by atoms with van der Waals surface area (Å²) in [6.07, 6.45) is 5.74. The number of hydrogen-bond donors (Lipinski definition) is 1. The lowest BCUT2D eigenvalue weighted by molar-refractivity contribution is 0.0699. The predicted molar refractivity (Wildman–Crippen MR) is 105 cm³/mol. The Hall–Kier alpha value is -2.78. The number of rotatable bonds is 5. The van der Waals surface area contributed by atoms with Gasteiger partial charge < -0.3 is 9.15 Å². The van der Waals surface area contributed by atoms with E-state index in [4.69, 9.17) is 9.15 Å². The van der Waals surface area contributed by atoms with E-state index >= 15 is 0 Å². The van der Waals surface area contributed by atoms with Crippen molar-refractivity contribution < 1.29 is 18.7 Å². The van der Waals surface area contributed by atoms with Gasteiger partial charge in [-0.2, -0.15) is 5.10 Å². The molecule has 0 fully saturated rings. The number of amides is 1. The van der Waals surface area contributed by atoms with Crippen molar-refractivity contribution in [2.24, 2.45) is 5.10 Å². The molecule has 136 valence electrons. The van der Waals surface area contributed by atoms with Crippen LogP contribution < -0.4 is 10.2 Å². The molecule has 0 spiro atoms. The van der Waals surface area contributed by atoms with Crippen LogP contribution in [0.2, 0.25) is 0 Å². The fourth-order valence-corrected chi connectivity index (χ4v) is 3.38. The van der Waals surface area contributed by atoms with Gasteiger partial charge in [-0.25, -0.2) is 10.2 Å². The second-order valence-electron chi connectivity index (χ2n) is 5.11. The van der Waals surface area contributed by atoms with Crippen LogP contribution in [0.15, 0.2) is 73.5 Å². The Morgan fingerprint density at radius 3 is 2.78 bits per heavy atom. The Morgan fingerprint density at radius 2 is 2.07 bits per heavy atom. The highest BCUT2D eigenvalue weighted by Crippen LogP contribution is 2.32. The summed E-state index contributed by atoms with van der Waals surface area (Å²) in [6, 6.07) is 9.76. The predicted octanol–water partition coefficient (Wildman–Crippen LogP) is 4.18. The molecule has 27 heavy (non-hydrogen) atoms. The molecule has 0 aliphatic rings. The number of carbonyl (C=O) groups excluding carboxylic acids is 2. The van der Waals surface area contributed by atoms with Gasteiger partial charge in [0.25, 0.3) is 5.91 Å². The van der Waals surface area contributed by atoms with Crippen molar-refractivity contribution in [1.29, 1.82) is 0 Å². The Labute approximate surface area is 170 Å². The van der Waals surface area contributed by atoms with Crippen LogP contribution in [0, 0.1) is 0 Å². The molecule has 1 aromatic carbocycles. The van der Waals surface area contributed by atoms with Gasteiger partial charge in [-0.3, -0.25) is 9.78 Å². The van der Waals surface area contributed by atoms with Gasteiger partial charge in [-0.1, -0.05) is 15.9 Å². The summed E-state index contributed by atoms with van der Waals surface area (Å²) in [6.45, 7) is 0. The average Bonchev–Trinajstić information content (AvgIpc) is 3.20. The number of esters is 1. The van der Waals surface area contributed by atoms with Crippen molar-refractivity contribution >= 4 is 50.0 Å². The molecule has 9 heteroatoms. The smallest absolute Gasteiger partial charge is 0.379 e. The van der Waals surface area contributed by atoms with Gasteiger partial charge in [-0.15, -0.1) is 0 Å². The molecular formula is C18H11Br2N3O4. The molecule has 0 aliphatic carbocycles. The zero-order valence-electron chi connectivity index (χ0n) is 13.6. The van der Waals surface area contributed by atoms with Crippen LogP contribution in [-0.4, -0.2) is 23.1 Å². The average molecular weight is 493 g/mol. The number of furan rings is 1. The maximum absolute atomic E-state index is 12.2. The number of ether oxygens (including phenoxy) is 1. The van der Waals surface area contributed by atoms with Crippen LogP contribution in [-0.2, 0) is 0 Å². The topological polar surface area (TPSA) is 93.8 Å². The van der Waals surface area contributed by atoms with Crippen molar-refractivity contribution in [3.8, 4) is 5.75 Å². The number of halogens is 2. The Balaban J connectivity index is 1.80. The zero-order valence-corrected chi connectivity index (χ0v) is 16.7. The van der Waals surface area contributed by atoms with E-state index in [2.05, 4.69) is 47.4 Å². The first-order valence-corrected chi connectivity index (χ1v) is 9.11. The molecule has 0 unspecified atom stereocenters. The number of aromatic nitrogens is 1. The maximum atomic E-state index is 12.2. The van der Waals surface area contributed by atoms with Gasteiger partial charge in [0.2, 0.25) is 5.76 Å². The molecule has 3 aromatic rings. The molecule has 0 radical (unpaired) electrons. The first-order valence-electron chi connectivity index (χ1n) is 7.53. The van der Waals surface area contributed by atoms with E-state index in [9.17, 15) is 9.59 Å². The Kier molecular flexibility index (Phi) is 6.15. The summed E-state index contributed by atoms with van der Waals surface area (Å²) in [4.78, 5) is 28.0. The van der Waals surface area contributed by atoms with E-state index in [1.807, 2.05) is 0 Å². The normalized spacial score (nSPS) is 10.7. The second-order valence-corrected chi connectivity index (χ2v) is 6.88. The molecule has 2 heterocycles. The Morgan fingerprint density at radius 1 is 1.22 bits per heavy atom. The van der Waals surface area contributed by atoms with Crippen molar-refractivity contribution in [2.45, 2.75) is 0 Å². The van der Waals surface area contributed by atoms with Crippen LogP contribution in [0.4, 0.5) is 0 Å². The van der Waals surface area contributed by atoms with E-state index in [1.165, 1.54) is 24.7 Å². The zero-order chi connectivity index (χ0) is 19.2. The van der Waals surface area contributed by atoms with Crippen LogP contribution in [0.1, 0.15) is 26.5 Å². The number of hydrazone groups is 1. The highest BCUT2D eigenvalue weighted by atomic mass is 79.9. The van der Waals surface area contributed by atoms with E-state index in [0.29, 0.717) is 15.6 Å². The molecular weight excluding hydrogens is 482 g/mol. The lowest BCUT2D eigenvalue weighted by Crippen LogP contribution is -2.17.